The predicted molar refractivity (Wildman–Crippen MR) is 85.0 cm³/mol. The highest BCUT2D eigenvalue weighted by molar-refractivity contribution is 6.01. The first-order valence-corrected chi connectivity index (χ1v) is 7.43. The molecule has 0 radical (unpaired) electrons. The first-order valence-electron chi connectivity index (χ1n) is 7.43. The number of fused-ring (bicyclic) bond motifs is 1. The number of pyridine rings is 1. The van der Waals surface area contributed by atoms with Crippen LogP contribution in [0.15, 0.2) is 36.5 Å². The number of hydrogen-bond acceptors (Lipinski definition) is 4. The Morgan fingerprint density at radius 2 is 2.29 bits per heavy atom. The van der Waals surface area contributed by atoms with Gasteiger partial charge in [0.2, 0.25) is 17.7 Å². The van der Waals surface area contributed by atoms with E-state index in [-0.39, 0.29) is 24.8 Å². The Morgan fingerprint density at radius 1 is 1.46 bits per heavy atom. The number of anilines is 1. The number of ether oxygens (including phenoxy) is 1. The molecule has 0 fully saturated rings. The van der Waals surface area contributed by atoms with Gasteiger partial charge < -0.3 is 15.4 Å². The maximum absolute atomic E-state index is 13.3. The van der Waals surface area contributed by atoms with E-state index in [9.17, 15) is 14.0 Å². The molecular weight excluding hydrogens is 313 g/mol. The summed E-state index contributed by atoms with van der Waals surface area (Å²) in [5.41, 5.74) is 1.67. The first-order chi connectivity index (χ1) is 11.6. The Morgan fingerprint density at radius 3 is 3.08 bits per heavy atom. The second kappa shape index (κ2) is 6.66. The van der Waals surface area contributed by atoms with E-state index in [0.29, 0.717) is 17.1 Å². The summed E-state index contributed by atoms with van der Waals surface area (Å²) < 4.78 is 18.5. The van der Waals surface area contributed by atoms with Gasteiger partial charge in [-0.25, -0.2) is 9.37 Å². The molecule has 2 aromatic rings. The minimum atomic E-state index is -0.656. The topological polar surface area (TPSA) is 80.3 Å². The van der Waals surface area contributed by atoms with Crippen molar-refractivity contribution in [2.75, 3.05) is 12.4 Å². The molecule has 24 heavy (non-hydrogen) atoms. The van der Waals surface area contributed by atoms with E-state index < -0.39 is 11.7 Å². The summed E-state index contributed by atoms with van der Waals surface area (Å²) in [4.78, 5) is 28.4. The van der Waals surface area contributed by atoms with Crippen LogP contribution < -0.4 is 15.4 Å². The maximum Gasteiger partial charge on any atom is 0.228 e. The van der Waals surface area contributed by atoms with Crippen LogP contribution in [-0.2, 0) is 16.1 Å². The van der Waals surface area contributed by atoms with Gasteiger partial charge in [0.1, 0.15) is 5.82 Å². The predicted octanol–water partition coefficient (Wildman–Crippen LogP) is 1.97. The van der Waals surface area contributed by atoms with Gasteiger partial charge in [0, 0.05) is 30.4 Å². The number of aromatic nitrogens is 1. The molecule has 0 saturated carbocycles. The molecule has 7 heteroatoms. The molecule has 0 saturated heterocycles. The molecule has 1 aliphatic heterocycles. The SMILES string of the molecule is COc1ncccc1CNC(=O)C1CC(=O)Nc2cc(F)ccc21. The molecule has 1 aromatic carbocycles. The second-order valence-electron chi connectivity index (χ2n) is 5.43. The summed E-state index contributed by atoms with van der Waals surface area (Å²) in [5, 5.41) is 5.38. The van der Waals surface area contributed by atoms with Crippen molar-refractivity contribution >= 4 is 17.5 Å². The molecule has 124 valence electrons. The molecule has 3 rings (SSSR count). The van der Waals surface area contributed by atoms with Gasteiger partial charge >= 0.3 is 0 Å². The van der Waals surface area contributed by atoms with Gasteiger partial charge in [-0.15, -0.1) is 0 Å². The summed E-state index contributed by atoms with van der Waals surface area (Å²) >= 11 is 0. The van der Waals surface area contributed by atoms with Crippen LogP contribution >= 0.6 is 0 Å². The Labute approximate surface area is 138 Å². The van der Waals surface area contributed by atoms with E-state index in [2.05, 4.69) is 15.6 Å². The first kappa shape index (κ1) is 15.9. The van der Waals surface area contributed by atoms with Crippen LogP contribution in [0.5, 0.6) is 5.88 Å². The van der Waals surface area contributed by atoms with Crippen molar-refractivity contribution in [2.45, 2.75) is 18.9 Å². The lowest BCUT2D eigenvalue weighted by atomic mass is 9.89. The van der Waals surface area contributed by atoms with E-state index in [1.165, 1.54) is 25.3 Å². The summed E-state index contributed by atoms with van der Waals surface area (Å²) in [7, 11) is 1.50. The van der Waals surface area contributed by atoms with Gasteiger partial charge in [-0.2, -0.15) is 0 Å². The largest absolute Gasteiger partial charge is 0.481 e. The van der Waals surface area contributed by atoms with E-state index >= 15 is 0 Å². The molecule has 0 bridgehead atoms. The van der Waals surface area contributed by atoms with Crippen LogP contribution in [0.3, 0.4) is 0 Å². The van der Waals surface area contributed by atoms with Gasteiger partial charge in [0.15, 0.2) is 0 Å². The fourth-order valence-corrected chi connectivity index (χ4v) is 2.72. The van der Waals surface area contributed by atoms with Crippen molar-refractivity contribution in [3.8, 4) is 5.88 Å². The molecule has 1 aliphatic rings. The lowest BCUT2D eigenvalue weighted by molar-refractivity contribution is -0.126. The number of methoxy groups -OCH3 is 1. The number of nitrogens with zero attached hydrogens (tertiary/aromatic N) is 1. The van der Waals surface area contributed by atoms with E-state index in [4.69, 9.17) is 4.74 Å². The minimum absolute atomic E-state index is 0.0225. The zero-order valence-corrected chi connectivity index (χ0v) is 13.0. The second-order valence-corrected chi connectivity index (χ2v) is 5.43. The molecule has 2 N–H and O–H groups in total. The van der Waals surface area contributed by atoms with Crippen molar-refractivity contribution in [1.82, 2.24) is 10.3 Å². The van der Waals surface area contributed by atoms with Gasteiger partial charge in [-0.05, 0) is 23.8 Å². The van der Waals surface area contributed by atoms with Crippen LogP contribution in [-0.4, -0.2) is 23.9 Å². The highest BCUT2D eigenvalue weighted by Gasteiger charge is 2.30. The average molecular weight is 329 g/mol. The monoisotopic (exact) mass is 329 g/mol. The third-order valence-electron chi connectivity index (χ3n) is 3.87. The van der Waals surface area contributed by atoms with Gasteiger partial charge in [-0.3, -0.25) is 9.59 Å². The third kappa shape index (κ3) is 3.19. The zero-order valence-electron chi connectivity index (χ0n) is 13.0. The summed E-state index contributed by atoms with van der Waals surface area (Å²) in [6, 6.07) is 7.57. The van der Waals surface area contributed by atoms with Crippen LogP contribution in [0.25, 0.3) is 0 Å². The number of benzene rings is 1. The number of carbonyl (C=O) groups excluding carboxylic acids is 2. The minimum Gasteiger partial charge on any atom is -0.481 e. The van der Waals surface area contributed by atoms with Crippen LogP contribution in [0.2, 0.25) is 0 Å². The molecule has 2 amide bonds. The van der Waals surface area contributed by atoms with Crippen LogP contribution in [0.1, 0.15) is 23.5 Å². The molecule has 1 atom stereocenters. The Kier molecular flexibility index (Phi) is 4.41. The fraction of sp³-hybridized carbons (Fsp3) is 0.235. The fourth-order valence-electron chi connectivity index (χ4n) is 2.72. The third-order valence-corrected chi connectivity index (χ3v) is 3.87. The van der Waals surface area contributed by atoms with E-state index in [1.807, 2.05) is 0 Å². The molecule has 1 unspecified atom stereocenters. The summed E-state index contributed by atoms with van der Waals surface area (Å²) in [6.45, 7) is 0.227. The van der Waals surface area contributed by atoms with E-state index in [0.717, 1.165) is 5.56 Å². The smallest absolute Gasteiger partial charge is 0.228 e. The number of rotatable bonds is 4. The summed E-state index contributed by atoms with van der Waals surface area (Å²) in [6.07, 6.45) is 1.62. The lowest BCUT2D eigenvalue weighted by Crippen LogP contribution is -2.34. The molecule has 0 aliphatic carbocycles. The molecule has 6 nitrogen and oxygen atoms in total. The van der Waals surface area contributed by atoms with Crippen molar-refractivity contribution in [1.29, 1.82) is 0 Å². The van der Waals surface area contributed by atoms with E-state index in [1.54, 1.807) is 18.3 Å². The quantitative estimate of drug-likeness (QED) is 0.899. The van der Waals surface area contributed by atoms with Crippen molar-refractivity contribution in [3.05, 3.63) is 53.5 Å². The molecule has 2 heterocycles. The standard InChI is InChI=1S/C17H16FN3O3/c1-24-17-10(3-2-6-19-17)9-20-16(23)13-8-15(22)21-14-7-11(18)4-5-12(13)14/h2-7,13H,8-9H2,1H3,(H,20,23)(H,21,22). The van der Waals surface area contributed by atoms with Gasteiger partial charge in [-0.1, -0.05) is 12.1 Å². The van der Waals surface area contributed by atoms with Crippen LogP contribution in [0.4, 0.5) is 10.1 Å². The highest BCUT2D eigenvalue weighted by Crippen LogP contribution is 2.33. The Balaban J connectivity index is 1.77. The molecule has 1 aromatic heterocycles. The number of amides is 2. The average Bonchev–Trinajstić information content (AvgIpc) is 2.58. The zero-order chi connectivity index (χ0) is 17.1. The number of carbonyl (C=O) groups is 2. The summed E-state index contributed by atoms with van der Waals surface area (Å²) in [5.74, 6) is -1.30. The molecular formula is C17H16FN3O3. The van der Waals surface area contributed by atoms with Gasteiger partial charge in [0.25, 0.3) is 0 Å². The maximum atomic E-state index is 13.3. The number of nitrogens with one attached hydrogen (secondary N) is 2. The van der Waals surface area contributed by atoms with Crippen molar-refractivity contribution in [3.63, 3.8) is 0 Å². The Bertz CT molecular complexity index is 794. The molecule has 0 spiro atoms. The number of hydrogen-bond donors (Lipinski definition) is 2. The number of halogens is 1. The Hall–Kier alpha value is -2.96. The van der Waals surface area contributed by atoms with Gasteiger partial charge in [0.05, 0.1) is 13.0 Å². The van der Waals surface area contributed by atoms with Crippen molar-refractivity contribution in [2.24, 2.45) is 0 Å². The lowest BCUT2D eigenvalue weighted by Gasteiger charge is -2.25. The van der Waals surface area contributed by atoms with Crippen molar-refractivity contribution < 1.29 is 18.7 Å². The normalized spacial score (nSPS) is 16.1. The van der Waals surface area contributed by atoms with Crippen LogP contribution in [0, 0.1) is 5.82 Å². The highest BCUT2D eigenvalue weighted by atomic mass is 19.1.